The zero-order valence-electron chi connectivity index (χ0n) is 11.8. The summed E-state index contributed by atoms with van der Waals surface area (Å²) in [5, 5.41) is 12.8. The van der Waals surface area contributed by atoms with E-state index in [9.17, 15) is 0 Å². The fraction of sp³-hybridized carbons (Fsp3) is 0.533. The van der Waals surface area contributed by atoms with Crippen LogP contribution in [0.15, 0.2) is 23.4 Å². The third-order valence-electron chi connectivity index (χ3n) is 4.00. The molecule has 1 atom stereocenters. The van der Waals surface area contributed by atoms with E-state index in [-0.39, 0.29) is 5.84 Å². The summed E-state index contributed by atoms with van der Waals surface area (Å²) in [5.74, 6) is 0.135. The summed E-state index contributed by atoms with van der Waals surface area (Å²) in [6.45, 7) is 3.20. The summed E-state index contributed by atoms with van der Waals surface area (Å²) in [5.41, 5.74) is 7.53. The van der Waals surface area contributed by atoms with Gasteiger partial charge in [0.25, 0.3) is 0 Å². The van der Waals surface area contributed by atoms with E-state index >= 15 is 0 Å². The first-order valence-electron chi connectivity index (χ1n) is 7.21. The van der Waals surface area contributed by atoms with Crippen molar-refractivity contribution < 1.29 is 5.21 Å². The maximum atomic E-state index is 8.97. The quantitative estimate of drug-likeness (QED) is 0.388. The van der Waals surface area contributed by atoms with Gasteiger partial charge >= 0.3 is 0 Å². The van der Waals surface area contributed by atoms with Crippen molar-refractivity contribution in [3.63, 3.8) is 0 Å². The highest BCUT2D eigenvalue weighted by atomic mass is 35.5. The van der Waals surface area contributed by atoms with Crippen LogP contribution in [0.3, 0.4) is 0 Å². The molecule has 1 unspecified atom stereocenters. The molecule has 0 aromatic heterocycles. The van der Waals surface area contributed by atoms with Gasteiger partial charge in [-0.15, -0.1) is 0 Å². The molecule has 1 fully saturated rings. The average Bonchev–Trinajstić information content (AvgIpc) is 2.71. The van der Waals surface area contributed by atoms with Crippen molar-refractivity contribution in [1.82, 2.24) is 0 Å². The Morgan fingerprint density at radius 2 is 2.25 bits per heavy atom. The number of rotatable bonds is 3. The molecule has 2 rings (SSSR count). The molecule has 1 saturated heterocycles. The van der Waals surface area contributed by atoms with Gasteiger partial charge in [0, 0.05) is 28.9 Å². The number of amidine groups is 1. The SMILES string of the molecule is CCC1CCCCCN1c1cc(Cl)ccc1/C(N)=N/O. The van der Waals surface area contributed by atoms with Gasteiger partial charge in [-0.2, -0.15) is 0 Å². The molecule has 0 saturated carbocycles. The highest BCUT2D eigenvalue weighted by Crippen LogP contribution is 2.31. The van der Waals surface area contributed by atoms with Gasteiger partial charge in [0.1, 0.15) is 0 Å². The molecule has 0 aliphatic carbocycles. The smallest absolute Gasteiger partial charge is 0.172 e. The van der Waals surface area contributed by atoms with Gasteiger partial charge in [0.2, 0.25) is 0 Å². The molecule has 0 radical (unpaired) electrons. The second-order valence-electron chi connectivity index (χ2n) is 5.25. The van der Waals surface area contributed by atoms with Crippen LogP contribution in [0.4, 0.5) is 5.69 Å². The molecular formula is C15H22ClN3O. The highest BCUT2D eigenvalue weighted by Gasteiger charge is 2.23. The Kier molecular flexibility index (Phi) is 5.12. The molecule has 1 aromatic carbocycles. The van der Waals surface area contributed by atoms with Gasteiger partial charge in [0.05, 0.1) is 0 Å². The number of nitrogens with two attached hydrogens (primary N) is 1. The van der Waals surface area contributed by atoms with Crippen LogP contribution >= 0.6 is 11.6 Å². The summed E-state index contributed by atoms with van der Waals surface area (Å²) < 4.78 is 0. The fourth-order valence-corrected chi connectivity index (χ4v) is 3.10. The monoisotopic (exact) mass is 295 g/mol. The van der Waals surface area contributed by atoms with Gasteiger partial charge in [-0.05, 0) is 37.5 Å². The van der Waals surface area contributed by atoms with Crippen molar-refractivity contribution in [1.29, 1.82) is 0 Å². The highest BCUT2D eigenvalue weighted by molar-refractivity contribution is 6.31. The van der Waals surface area contributed by atoms with Crippen molar-refractivity contribution in [2.45, 2.75) is 45.1 Å². The van der Waals surface area contributed by atoms with E-state index in [1.165, 1.54) is 25.7 Å². The molecule has 20 heavy (non-hydrogen) atoms. The van der Waals surface area contributed by atoms with Crippen molar-refractivity contribution in [3.05, 3.63) is 28.8 Å². The maximum absolute atomic E-state index is 8.97. The van der Waals surface area contributed by atoms with Crippen LogP contribution in [0.1, 0.15) is 44.6 Å². The predicted molar refractivity (Wildman–Crippen MR) is 83.9 cm³/mol. The average molecular weight is 296 g/mol. The van der Waals surface area contributed by atoms with Gasteiger partial charge in [0.15, 0.2) is 5.84 Å². The second kappa shape index (κ2) is 6.84. The number of anilines is 1. The van der Waals surface area contributed by atoms with E-state index in [1.54, 1.807) is 6.07 Å². The minimum absolute atomic E-state index is 0.135. The Balaban J connectivity index is 2.45. The summed E-state index contributed by atoms with van der Waals surface area (Å²) in [4.78, 5) is 2.37. The van der Waals surface area contributed by atoms with Crippen molar-refractivity contribution >= 4 is 23.1 Å². The molecule has 5 heteroatoms. The lowest BCUT2D eigenvalue weighted by atomic mass is 10.0. The van der Waals surface area contributed by atoms with E-state index in [0.717, 1.165) is 24.2 Å². The molecule has 1 aromatic rings. The fourth-order valence-electron chi connectivity index (χ4n) is 2.93. The largest absolute Gasteiger partial charge is 0.409 e. The number of oxime groups is 1. The standard InChI is InChI=1S/C15H22ClN3O/c1-2-12-6-4-3-5-9-19(12)14-10-11(16)7-8-13(14)15(17)18-20/h7-8,10,12,20H,2-6,9H2,1H3,(H2,17,18). The van der Waals surface area contributed by atoms with Crippen LogP contribution in [0.5, 0.6) is 0 Å². The Hall–Kier alpha value is -1.42. The van der Waals surface area contributed by atoms with Crippen LogP contribution in [0, 0.1) is 0 Å². The van der Waals surface area contributed by atoms with Crippen molar-refractivity contribution in [2.24, 2.45) is 10.9 Å². The molecular weight excluding hydrogens is 274 g/mol. The summed E-state index contributed by atoms with van der Waals surface area (Å²) in [6.07, 6.45) is 5.94. The third kappa shape index (κ3) is 3.18. The zero-order valence-corrected chi connectivity index (χ0v) is 12.6. The first kappa shape index (κ1) is 15.0. The zero-order chi connectivity index (χ0) is 14.5. The van der Waals surface area contributed by atoms with Gasteiger partial charge in [-0.1, -0.05) is 36.5 Å². The molecule has 0 spiro atoms. The van der Waals surface area contributed by atoms with E-state index in [0.29, 0.717) is 11.1 Å². The number of hydrogen-bond acceptors (Lipinski definition) is 3. The van der Waals surface area contributed by atoms with Gasteiger partial charge in [-0.25, -0.2) is 0 Å². The lowest BCUT2D eigenvalue weighted by molar-refractivity contribution is 0.318. The Morgan fingerprint density at radius 3 is 2.95 bits per heavy atom. The van der Waals surface area contributed by atoms with Crippen LogP contribution in [0.2, 0.25) is 5.02 Å². The maximum Gasteiger partial charge on any atom is 0.172 e. The Bertz CT molecular complexity index is 490. The molecule has 3 N–H and O–H groups in total. The molecule has 1 aliphatic heterocycles. The molecule has 1 aliphatic rings. The van der Waals surface area contributed by atoms with E-state index < -0.39 is 0 Å². The molecule has 4 nitrogen and oxygen atoms in total. The first-order valence-corrected chi connectivity index (χ1v) is 7.59. The Morgan fingerprint density at radius 1 is 1.45 bits per heavy atom. The molecule has 0 bridgehead atoms. The van der Waals surface area contributed by atoms with E-state index in [1.807, 2.05) is 12.1 Å². The third-order valence-corrected chi connectivity index (χ3v) is 4.24. The number of hydrogen-bond donors (Lipinski definition) is 2. The summed E-state index contributed by atoms with van der Waals surface area (Å²) >= 11 is 6.15. The number of benzene rings is 1. The topological polar surface area (TPSA) is 61.8 Å². The van der Waals surface area contributed by atoms with Crippen LogP contribution in [0.25, 0.3) is 0 Å². The molecule has 110 valence electrons. The Labute approximate surface area is 125 Å². The van der Waals surface area contributed by atoms with E-state index in [4.69, 9.17) is 22.5 Å². The lowest BCUT2D eigenvalue weighted by Crippen LogP contribution is -2.36. The summed E-state index contributed by atoms with van der Waals surface area (Å²) in [7, 11) is 0. The summed E-state index contributed by atoms with van der Waals surface area (Å²) in [6, 6.07) is 6.01. The van der Waals surface area contributed by atoms with Crippen LogP contribution in [-0.4, -0.2) is 23.6 Å². The van der Waals surface area contributed by atoms with E-state index in [2.05, 4.69) is 17.0 Å². The van der Waals surface area contributed by atoms with Crippen LogP contribution < -0.4 is 10.6 Å². The van der Waals surface area contributed by atoms with Crippen molar-refractivity contribution in [3.8, 4) is 0 Å². The van der Waals surface area contributed by atoms with Gasteiger partial charge in [-0.3, -0.25) is 0 Å². The minimum atomic E-state index is 0.135. The predicted octanol–water partition coefficient (Wildman–Crippen LogP) is 3.59. The number of nitrogens with zero attached hydrogens (tertiary/aromatic N) is 2. The van der Waals surface area contributed by atoms with Crippen LogP contribution in [-0.2, 0) is 0 Å². The normalized spacial score (nSPS) is 20.8. The molecule has 0 amide bonds. The number of halogens is 1. The minimum Gasteiger partial charge on any atom is -0.409 e. The first-order chi connectivity index (χ1) is 9.67. The lowest BCUT2D eigenvalue weighted by Gasteiger charge is -2.33. The van der Waals surface area contributed by atoms with Gasteiger partial charge < -0.3 is 15.8 Å². The van der Waals surface area contributed by atoms with Crippen molar-refractivity contribution in [2.75, 3.05) is 11.4 Å². The molecule has 1 heterocycles. The second-order valence-corrected chi connectivity index (χ2v) is 5.69.